The van der Waals surface area contributed by atoms with Crippen molar-refractivity contribution in [2.45, 2.75) is 321 Å². The lowest BCUT2D eigenvalue weighted by Crippen LogP contribution is -2.53. The van der Waals surface area contributed by atoms with Crippen LogP contribution in [0.4, 0.5) is 0 Å². The summed E-state index contributed by atoms with van der Waals surface area (Å²) in [6.45, 7) is 8.92. The maximum atomic E-state index is 14.3. The van der Waals surface area contributed by atoms with Gasteiger partial charge in [-0.3, -0.25) is 71.5 Å². The van der Waals surface area contributed by atoms with Gasteiger partial charge in [0.15, 0.2) is 23.1 Å². The highest BCUT2D eigenvalue weighted by Gasteiger charge is 2.39. The fourth-order valence-electron chi connectivity index (χ4n) is 16.6. The van der Waals surface area contributed by atoms with Crippen LogP contribution in [0, 0.1) is 11.8 Å². The molecular formula is C102H158N10O27P2. The van der Waals surface area contributed by atoms with E-state index in [-0.39, 0.29) is 126 Å². The molecule has 0 unspecified atom stereocenters. The number of carboxylic acids is 1. The molecule has 8 bridgehead atoms. The Labute approximate surface area is 830 Å². The first-order chi connectivity index (χ1) is 67.0. The van der Waals surface area contributed by atoms with Crippen molar-refractivity contribution in [3.63, 3.8) is 0 Å². The molecule has 141 heavy (non-hydrogen) atoms. The van der Waals surface area contributed by atoms with E-state index in [1.165, 1.54) is 268 Å². The number of nitrogens with zero attached hydrogens (tertiary/aromatic N) is 4. The number of phenolic OH excluding ortho intramolecular Hbond substituents is 4. The van der Waals surface area contributed by atoms with E-state index in [9.17, 15) is 112 Å². The summed E-state index contributed by atoms with van der Waals surface area (Å²) in [4.78, 5) is 192. The number of fused-ring (bicyclic) bond motifs is 10. The van der Waals surface area contributed by atoms with Crippen molar-refractivity contribution in [3.05, 3.63) is 95.1 Å². The van der Waals surface area contributed by atoms with Crippen molar-refractivity contribution in [2.24, 2.45) is 17.6 Å². The number of hydrogen-bond donors (Lipinski definition) is 13. The molecule has 2 aliphatic rings. The molecule has 0 saturated carbocycles. The largest absolute Gasteiger partial charge is 0.507 e. The third-order valence-corrected chi connectivity index (χ3v) is 29.1. The number of phenols is 4. The molecule has 0 fully saturated rings. The quantitative estimate of drug-likeness (QED) is 0.0144. The van der Waals surface area contributed by atoms with Crippen molar-refractivity contribution < 1.29 is 130 Å². The van der Waals surface area contributed by atoms with Crippen molar-refractivity contribution in [1.29, 1.82) is 0 Å². The number of amides is 9. The third-order valence-electron chi connectivity index (χ3n) is 25.9. The maximum Gasteiger partial charge on any atom is 0.349 e. The minimum absolute atomic E-state index is 0.0694. The highest BCUT2D eigenvalue weighted by atomic mass is 31.2. The fourth-order valence-corrected chi connectivity index (χ4v) is 17.8. The first-order valence-electron chi connectivity index (χ1n) is 49.5. The molecule has 0 spiro atoms. The lowest BCUT2D eigenvalue weighted by atomic mass is 9.89. The summed E-state index contributed by atoms with van der Waals surface area (Å²) in [5.41, 5.74) is 6.84. The van der Waals surface area contributed by atoms with Crippen LogP contribution in [-0.2, 0) is 107 Å². The van der Waals surface area contributed by atoms with E-state index < -0.39 is 178 Å². The van der Waals surface area contributed by atoms with Crippen LogP contribution in [0.15, 0.2) is 72.8 Å². The van der Waals surface area contributed by atoms with E-state index in [0.717, 1.165) is 62.5 Å². The Bertz CT molecular complexity index is 4820. The van der Waals surface area contributed by atoms with Crippen LogP contribution in [0.3, 0.4) is 0 Å². The smallest absolute Gasteiger partial charge is 0.349 e. The number of aliphatic carboxylic acids is 1. The van der Waals surface area contributed by atoms with Gasteiger partial charge in [0, 0.05) is 155 Å². The average Bonchev–Trinajstić information content (AvgIpc) is 0.787. The molecule has 9 amide bonds. The van der Waals surface area contributed by atoms with Crippen LogP contribution in [0.1, 0.15) is 294 Å². The fraction of sp³-hybridized carbons (Fsp3) is 0.627. The molecule has 2 heterocycles. The topological polar surface area (TPSA) is 551 Å². The van der Waals surface area contributed by atoms with Crippen molar-refractivity contribution in [3.8, 4) is 45.3 Å². The molecular weight excluding hydrogens is 1860 g/mol. The van der Waals surface area contributed by atoms with Crippen LogP contribution >= 0.6 is 15.2 Å². The van der Waals surface area contributed by atoms with Gasteiger partial charge in [0.1, 0.15) is 65.5 Å². The van der Waals surface area contributed by atoms with Gasteiger partial charge < -0.3 is 106 Å². The predicted molar refractivity (Wildman–Crippen MR) is 535 cm³/mol. The van der Waals surface area contributed by atoms with Crippen LogP contribution < -0.4 is 32.3 Å². The van der Waals surface area contributed by atoms with Gasteiger partial charge in [0.2, 0.25) is 53.2 Å². The molecule has 788 valence electrons. The number of nitrogens with two attached hydrogens (primary N) is 1. The summed E-state index contributed by atoms with van der Waals surface area (Å²) in [5, 5.41) is 86.4. The molecule has 0 aromatic heterocycles. The van der Waals surface area contributed by atoms with Gasteiger partial charge >= 0.3 is 21.2 Å². The monoisotopic (exact) mass is 2020 g/mol. The van der Waals surface area contributed by atoms with Crippen LogP contribution in [0.25, 0.3) is 22.3 Å². The van der Waals surface area contributed by atoms with Gasteiger partial charge in [-0.25, -0.2) is 4.79 Å². The summed E-state index contributed by atoms with van der Waals surface area (Å²) in [5.74, 6) is -12.0. The molecule has 14 N–H and O–H groups in total. The minimum atomic E-state index is -3.69. The number of likely N-dealkylation sites (N-methyl/N-ethyl adjacent to an activating group) is 4. The predicted octanol–water partition coefficient (Wildman–Crippen LogP) is 13.1. The van der Waals surface area contributed by atoms with Crippen LogP contribution in [0.5, 0.6) is 23.0 Å². The SMILES string of the molecule is CCCCCCCCCCCCCCCC(=O)N(C)[C@H](CO)C(=O)N[C@H](C)C(=O)CCC(=O)N(C)[C@@H]1C(=O)C[C@@H](C)C(=O)N[C@H](C(=O)NCP(=O)(OC)OC)Cc2ccc(O)c(c2)-c2cc1ccc2O.CCCCCCCCCCCCCCCC(=O)N(C)[C@H](CO)C(=O)N[C@H](C)C(=O)CCC(=O)N(C)[C@@H]1C(=O)C[C@@H](C)C(=O)N[C@H](C(=O)O)Cc2ccc(O)c(c2)-c2cc1ccc2O.COP(=O)(CN)OC. The lowest BCUT2D eigenvalue weighted by Gasteiger charge is -2.30. The molecule has 0 aliphatic carbocycles. The number of Topliss-reactive ketones (excluding diaryl/α,β-unsaturated/α-hetero) is 4. The Balaban J connectivity index is 0.000000547. The Kier molecular flexibility index (Phi) is 56.1. The number of ketones is 4. The Morgan fingerprint density at radius 2 is 0.730 bits per heavy atom. The van der Waals surface area contributed by atoms with E-state index in [0.29, 0.717) is 24.0 Å². The molecule has 0 radical (unpaired) electrons. The number of unbranched alkanes of at least 4 members (excludes halogenated alkanes) is 24. The van der Waals surface area contributed by atoms with E-state index in [4.69, 9.17) is 14.8 Å². The van der Waals surface area contributed by atoms with E-state index in [1.54, 1.807) is 0 Å². The molecule has 10 atom stereocenters. The second-order valence-corrected chi connectivity index (χ2v) is 41.3. The van der Waals surface area contributed by atoms with E-state index in [1.807, 2.05) is 0 Å². The molecule has 2 aliphatic heterocycles. The van der Waals surface area contributed by atoms with Gasteiger partial charge in [-0.2, -0.15) is 0 Å². The standard InChI is InChI=1S/C51H78N5O13P.C48H70N4O11.C3H10NO3P/c1-8-9-10-11-12-13-14-15-16-17-18-19-20-21-46(62)55(4)41(32-57)51(66)53-35(3)42(58)26-27-47(63)56(5)48-37-23-25-44(60)39(31-37)38-29-36(22-24-43(38)59)30-40(54-49(64)34(2)28-45(48)61)50(65)52-33-70(67,68-6)69-7;1-6-7-8-9-10-11-12-13-14-15-16-17-18-19-43(58)51(4)38(30-53)47(61)49-32(3)39(54)24-25-44(59)52(5)45-34-21-23-41(56)36(29-34)35-27-33(20-22-40(35)55)28-37(48(62)63)50-46(60)31(2)26-42(45)57;1-6-8(5,3-4)7-2/h22-25,29,31,34-35,40-41,48,57,59-60H,8-21,26-28,30,32-33H2,1-7H3,(H,52,65)(H,53,66)(H,54,64);20-23,27,29,31-32,37-38,45,53,55-56H,6-19,24-26,28,30H2,1-5H3,(H,49,61)(H,50,60)(H,62,63);3-4H2,1-2H3/t34-,35-,40+,41-,48+;31-,32-,37+,38-,45+;/m11./s1. The first kappa shape index (κ1) is 123. The molecule has 6 rings (SSSR count). The number of carbonyl (C=O) groups excluding carboxylic acids is 13. The third kappa shape index (κ3) is 41.1. The normalized spacial score (nSPS) is 17.0. The van der Waals surface area contributed by atoms with Gasteiger partial charge in [-0.15, -0.1) is 0 Å². The number of aliphatic hydroxyl groups excluding tert-OH is 2. The van der Waals surface area contributed by atoms with E-state index >= 15 is 0 Å². The number of carboxylic acid groups (broad SMARTS) is 1. The number of aromatic hydroxyl groups is 4. The summed E-state index contributed by atoms with van der Waals surface area (Å²) in [7, 11) is 3.93. The number of hydrogen-bond acceptors (Lipinski definition) is 27. The summed E-state index contributed by atoms with van der Waals surface area (Å²) in [6.07, 6.45) is 27.7. The number of benzene rings is 4. The molecule has 4 aromatic rings. The zero-order valence-corrected chi connectivity index (χ0v) is 86.8. The molecule has 4 aromatic carbocycles. The van der Waals surface area contributed by atoms with E-state index in [2.05, 4.69) is 49.5 Å². The minimum Gasteiger partial charge on any atom is -0.507 e. The van der Waals surface area contributed by atoms with Crippen LogP contribution in [-0.4, -0.2) is 256 Å². The molecule has 0 saturated heterocycles. The molecule has 39 heteroatoms. The van der Waals surface area contributed by atoms with Crippen molar-refractivity contribution in [1.82, 2.24) is 46.2 Å². The summed E-state index contributed by atoms with van der Waals surface area (Å²) in [6, 6.07) is 7.08. The second kappa shape index (κ2) is 64.3. The van der Waals surface area contributed by atoms with Gasteiger partial charge in [0.05, 0.1) is 31.6 Å². The number of aliphatic hydroxyl groups is 2. The highest BCUT2D eigenvalue weighted by molar-refractivity contribution is 7.54. The van der Waals surface area contributed by atoms with Gasteiger partial charge in [-0.1, -0.05) is 206 Å². The van der Waals surface area contributed by atoms with Gasteiger partial charge in [-0.05, 0) is 97.5 Å². The lowest BCUT2D eigenvalue weighted by molar-refractivity contribution is -0.143. The number of carbonyl (C=O) groups is 14. The highest BCUT2D eigenvalue weighted by Crippen LogP contribution is 2.46. The Morgan fingerprint density at radius 3 is 1.04 bits per heavy atom. The summed E-state index contributed by atoms with van der Waals surface area (Å²) < 4.78 is 42.1. The maximum absolute atomic E-state index is 14.3. The van der Waals surface area contributed by atoms with Crippen molar-refractivity contribution >= 4 is 97.5 Å². The number of nitrogens with one attached hydrogen (secondary N) is 5. The average molecular weight is 2020 g/mol. The first-order valence-corrected chi connectivity index (χ1v) is 52.9. The van der Waals surface area contributed by atoms with Gasteiger partial charge in [0.25, 0.3) is 0 Å². The Morgan fingerprint density at radius 1 is 0.426 bits per heavy atom. The van der Waals surface area contributed by atoms with Crippen molar-refractivity contribution in [2.75, 3.05) is 82.4 Å². The number of rotatable bonds is 55. The Hall–Kier alpha value is -10.4. The van der Waals surface area contributed by atoms with Crippen LogP contribution in [0.2, 0.25) is 0 Å². The zero-order valence-electron chi connectivity index (χ0n) is 85.0. The molecule has 37 nitrogen and oxygen atoms in total. The second-order valence-electron chi connectivity index (χ2n) is 36.7. The summed E-state index contributed by atoms with van der Waals surface area (Å²) >= 11 is 0. The zero-order chi connectivity index (χ0) is 105.